The largest absolute Gasteiger partial charge is 0.493 e. The van der Waals surface area contributed by atoms with E-state index in [1.165, 1.54) is 26.4 Å². The number of nitrogens with zero attached hydrogens (tertiary/aromatic N) is 3. The number of anilines is 2. The second kappa shape index (κ2) is 7.44. The minimum atomic E-state index is -3.86. The molecule has 0 aliphatic carbocycles. The van der Waals surface area contributed by atoms with Gasteiger partial charge in [0.1, 0.15) is 11.6 Å². The molecule has 8 nitrogen and oxygen atoms in total. The van der Waals surface area contributed by atoms with Crippen LogP contribution in [-0.2, 0) is 16.5 Å². The van der Waals surface area contributed by atoms with Crippen LogP contribution in [0.15, 0.2) is 24.3 Å². The number of hydrogen-bond donors (Lipinski definition) is 0. The maximum absolute atomic E-state index is 13.9. The van der Waals surface area contributed by atoms with Gasteiger partial charge in [0.2, 0.25) is 0 Å². The Hall–Kier alpha value is -2.85. The van der Waals surface area contributed by atoms with Gasteiger partial charge in [-0.15, -0.1) is 0 Å². The molecule has 0 saturated heterocycles. The van der Waals surface area contributed by atoms with Gasteiger partial charge in [-0.25, -0.2) is 4.39 Å². The van der Waals surface area contributed by atoms with Crippen molar-refractivity contribution in [2.75, 3.05) is 31.9 Å². The molecule has 1 aromatic heterocycles. The molecule has 4 rings (SSSR count). The van der Waals surface area contributed by atoms with Gasteiger partial charge in [-0.05, 0) is 30.2 Å². The molecule has 0 spiro atoms. The number of halogens is 2. The summed E-state index contributed by atoms with van der Waals surface area (Å²) < 4.78 is 52.8. The van der Waals surface area contributed by atoms with Gasteiger partial charge in [-0.1, -0.05) is 11.6 Å². The summed E-state index contributed by atoms with van der Waals surface area (Å²) in [6.45, 7) is 0.480. The van der Waals surface area contributed by atoms with E-state index in [0.717, 1.165) is 11.8 Å². The SMILES string of the molecule is COc1cc2nc(OS(C)(=O)=O)nc(N3CCc4cc(F)c(Cl)cc43)c2cc1OC. The third-order valence-electron chi connectivity index (χ3n) is 4.66. The maximum Gasteiger partial charge on any atom is 0.335 e. The fourth-order valence-corrected chi connectivity index (χ4v) is 3.90. The van der Waals surface area contributed by atoms with Gasteiger partial charge in [-0.2, -0.15) is 18.4 Å². The highest BCUT2D eigenvalue weighted by molar-refractivity contribution is 7.86. The molecule has 2 heterocycles. The Bertz CT molecular complexity index is 1270. The molecule has 30 heavy (non-hydrogen) atoms. The summed E-state index contributed by atoms with van der Waals surface area (Å²) in [6.07, 6.45) is 1.47. The van der Waals surface area contributed by atoms with Gasteiger partial charge >= 0.3 is 16.1 Å². The van der Waals surface area contributed by atoms with Crippen LogP contribution < -0.4 is 18.6 Å². The first kappa shape index (κ1) is 20.4. The third kappa shape index (κ3) is 3.68. The van der Waals surface area contributed by atoms with Gasteiger partial charge in [0.05, 0.1) is 31.0 Å². The van der Waals surface area contributed by atoms with Crippen LogP contribution in [0, 0.1) is 5.82 Å². The van der Waals surface area contributed by atoms with E-state index in [-0.39, 0.29) is 11.0 Å². The van der Waals surface area contributed by atoms with Crippen LogP contribution in [0.3, 0.4) is 0 Å². The quantitative estimate of drug-likeness (QED) is 0.542. The molecule has 0 unspecified atom stereocenters. The zero-order chi connectivity index (χ0) is 21.6. The minimum Gasteiger partial charge on any atom is -0.493 e. The molecule has 0 saturated carbocycles. The van der Waals surface area contributed by atoms with Crippen LogP contribution >= 0.6 is 11.6 Å². The highest BCUT2D eigenvalue weighted by Gasteiger charge is 2.27. The van der Waals surface area contributed by atoms with E-state index < -0.39 is 15.9 Å². The number of fused-ring (bicyclic) bond motifs is 2. The molecule has 1 aliphatic rings. The standard InChI is InChI=1S/C19H17ClFN3O5S/c1-27-16-7-11-14(9-17(16)28-2)22-19(29-30(3,25)26)23-18(11)24-5-4-10-6-13(21)12(20)8-15(10)24/h6-9H,4-5H2,1-3H3. The first-order valence-corrected chi connectivity index (χ1v) is 11.0. The molecule has 11 heteroatoms. The zero-order valence-electron chi connectivity index (χ0n) is 16.3. The van der Waals surface area contributed by atoms with Crippen molar-refractivity contribution in [3.05, 3.63) is 40.7 Å². The Balaban J connectivity index is 1.97. The fraction of sp³-hybridized carbons (Fsp3) is 0.263. The molecule has 0 atom stereocenters. The summed E-state index contributed by atoms with van der Waals surface area (Å²) in [4.78, 5) is 10.3. The molecule has 0 N–H and O–H groups in total. The molecule has 1 aliphatic heterocycles. The predicted octanol–water partition coefficient (Wildman–Crippen LogP) is 3.47. The van der Waals surface area contributed by atoms with Crippen LogP contribution in [0.2, 0.25) is 5.02 Å². The monoisotopic (exact) mass is 453 g/mol. The number of rotatable bonds is 5. The van der Waals surface area contributed by atoms with E-state index in [4.69, 9.17) is 25.3 Å². The van der Waals surface area contributed by atoms with Crippen LogP contribution in [0.4, 0.5) is 15.9 Å². The lowest BCUT2D eigenvalue weighted by molar-refractivity contribution is 0.355. The number of ether oxygens (including phenoxy) is 2. The van der Waals surface area contributed by atoms with Crippen LogP contribution in [0.1, 0.15) is 5.56 Å². The van der Waals surface area contributed by atoms with E-state index in [9.17, 15) is 12.8 Å². The van der Waals surface area contributed by atoms with Crippen molar-refractivity contribution in [1.82, 2.24) is 9.97 Å². The summed E-state index contributed by atoms with van der Waals surface area (Å²) >= 11 is 5.99. The van der Waals surface area contributed by atoms with Crippen molar-refractivity contribution in [2.24, 2.45) is 0 Å². The number of aromatic nitrogens is 2. The lowest BCUT2D eigenvalue weighted by Crippen LogP contribution is -2.17. The summed E-state index contributed by atoms with van der Waals surface area (Å²) in [5.74, 6) is 0.730. The van der Waals surface area contributed by atoms with Crippen molar-refractivity contribution in [2.45, 2.75) is 6.42 Å². The lowest BCUT2D eigenvalue weighted by Gasteiger charge is -2.21. The average molecular weight is 454 g/mol. The second-order valence-electron chi connectivity index (χ2n) is 6.64. The van der Waals surface area contributed by atoms with Crippen molar-refractivity contribution in [3.63, 3.8) is 0 Å². The second-order valence-corrected chi connectivity index (χ2v) is 8.62. The van der Waals surface area contributed by atoms with Crippen LogP contribution in [-0.4, -0.2) is 45.4 Å². The van der Waals surface area contributed by atoms with E-state index in [1.807, 2.05) is 4.90 Å². The Morgan fingerprint density at radius 3 is 2.47 bits per heavy atom. The molecule has 3 aromatic rings. The predicted molar refractivity (Wildman–Crippen MR) is 110 cm³/mol. The molecule has 2 aromatic carbocycles. The van der Waals surface area contributed by atoms with E-state index >= 15 is 0 Å². The van der Waals surface area contributed by atoms with E-state index in [2.05, 4.69) is 9.97 Å². The lowest BCUT2D eigenvalue weighted by atomic mass is 10.1. The molecule has 0 fully saturated rings. The topological polar surface area (TPSA) is 90.9 Å². The first-order valence-electron chi connectivity index (χ1n) is 8.79. The molecule has 0 radical (unpaired) electrons. The number of benzene rings is 2. The average Bonchev–Trinajstić information content (AvgIpc) is 3.07. The van der Waals surface area contributed by atoms with Crippen LogP contribution in [0.25, 0.3) is 10.9 Å². The van der Waals surface area contributed by atoms with E-state index in [0.29, 0.717) is 46.9 Å². The Morgan fingerprint density at radius 2 is 1.80 bits per heavy atom. The van der Waals surface area contributed by atoms with Crippen molar-refractivity contribution >= 4 is 44.1 Å². The van der Waals surface area contributed by atoms with Gasteiger partial charge in [0, 0.05) is 23.7 Å². The number of hydrogen-bond acceptors (Lipinski definition) is 8. The molecule has 158 valence electrons. The number of methoxy groups -OCH3 is 2. The third-order valence-corrected chi connectivity index (χ3v) is 5.40. The normalized spacial score (nSPS) is 13.4. The van der Waals surface area contributed by atoms with Gasteiger partial charge in [0.25, 0.3) is 0 Å². The van der Waals surface area contributed by atoms with Crippen molar-refractivity contribution in [3.8, 4) is 17.5 Å². The zero-order valence-corrected chi connectivity index (χ0v) is 17.8. The fourth-order valence-electron chi connectivity index (χ4n) is 3.40. The smallest absolute Gasteiger partial charge is 0.335 e. The summed E-state index contributed by atoms with van der Waals surface area (Å²) in [6, 6.07) is 5.86. The highest BCUT2D eigenvalue weighted by atomic mass is 35.5. The van der Waals surface area contributed by atoms with Gasteiger partial charge in [0.15, 0.2) is 11.5 Å². The van der Waals surface area contributed by atoms with Gasteiger partial charge < -0.3 is 18.6 Å². The van der Waals surface area contributed by atoms with Crippen molar-refractivity contribution in [1.29, 1.82) is 0 Å². The molecular formula is C19H17ClFN3O5S. The van der Waals surface area contributed by atoms with Crippen molar-refractivity contribution < 1.29 is 26.5 Å². The Morgan fingerprint density at radius 1 is 1.10 bits per heavy atom. The Labute approximate surface area is 177 Å². The first-order chi connectivity index (χ1) is 14.2. The molecular weight excluding hydrogens is 437 g/mol. The molecule has 0 amide bonds. The molecule has 0 bridgehead atoms. The van der Waals surface area contributed by atoms with E-state index in [1.54, 1.807) is 12.1 Å². The Kier molecular flexibility index (Phi) is 5.07. The summed E-state index contributed by atoms with van der Waals surface area (Å²) in [5, 5.41) is 0.549. The summed E-state index contributed by atoms with van der Waals surface area (Å²) in [7, 11) is -0.879. The summed E-state index contributed by atoms with van der Waals surface area (Å²) in [5.41, 5.74) is 1.81. The minimum absolute atomic E-state index is 0.0223. The van der Waals surface area contributed by atoms with Gasteiger partial charge in [-0.3, -0.25) is 0 Å². The van der Waals surface area contributed by atoms with Crippen LogP contribution in [0.5, 0.6) is 17.5 Å². The highest BCUT2D eigenvalue weighted by Crippen LogP contribution is 2.42. The maximum atomic E-state index is 13.9.